The third-order valence-electron chi connectivity index (χ3n) is 5.27. The van der Waals surface area contributed by atoms with E-state index < -0.39 is 6.10 Å². The maximum atomic E-state index is 10.2. The molecule has 0 aromatic heterocycles. The topological polar surface area (TPSA) is 44.7 Å². The molecular formula is C24H34N2O2. The average molecular weight is 383 g/mol. The Balaban J connectivity index is 1.28. The number of likely N-dealkylation sites (tertiary alicyclic amines) is 1. The van der Waals surface area contributed by atoms with Gasteiger partial charge in [-0.2, -0.15) is 0 Å². The van der Waals surface area contributed by atoms with Crippen molar-refractivity contribution < 1.29 is 9.84 Å². The van der Waals surface area contributed by atoms with E-state index in [9.17, 15) is 5.11 Å². The molecule has 4 heteroatoms. The van der Waals surface area contributed by atoms with Crippen LogP contribution in [0.5, 0.6) is 5.75 Å². The molecule has 1 atom stereocenters. The zero-order chi connectivity index (χ0) is 19.4. The molecule has 1 unspecified atom stereocenters. The molecule has 0 saturated carbocycles. The minimum Gasteiger partial charge on any atom is -0.491 e. The molecule has 0 amide bonds. The molecule has 0 bridgehead atoms. The van der Waals surface area contributed by atoms with Crippen molar-refractivity contribution in [2.75, 3.05) is 32.8 Å². The summed E-state index contributed by atoms with van der Waals surface area (Å²) in [6.45, 7) is 5.15. The van der Waals surface area contributed by atoms with Crippen LogP contribution in [0.15, 0.2) is 54.6 Å². The van der Waals surface area contributed by atoms with Crippen molar-refractivity contribution in [3.8, 4) is 5.75 Å². The predicted molar refractivity (Wildman–Crippen MR) is 115 cm³/mol. The molecule has 1 aliphatic rings. The molecule has 4 nitrogen and oxygen atoms in total. The van der Waals surface area contributed by atoms with Crippen LogP contribution in [0, 0.1) is 0 Å². The standard InChI is InChI=1S/C24H34N2O2/c27-23(19-26-16-5-2-6-17-26)20-28-24-13-11-22(12-14-24)18-25-15-7-10-21-8-3-1-4-9-21/h1,3-4,8-9,11-14,23,25,27H,2,5-7,10,15-20H2. The lowest BCUT2D eigenvalue weighted by Gasteiger charge is -2.28. The van der Waals surface area contributed by atoms with Crippen molar-refractivity contribution in [3.63, 3.8) is 0 Å². The van der Waals surface area contributed by atoms with Crippen LogP contribution in [0.3, 0.4) is 0 Å². The Morgan fingerprint density at radius 3 is 2.43 bits per heavy atom. The number of hydrogen-bond donors (Lipinski definition) is 2. The van der Waals surface area contributed by atoms with Gasteiger partial charge in [-0.3, -0.25) is 0 Å². The summed E-state index contributed by atoms with van der Waals surface area (Å²) in [4.78, 5) is 2.34. The van der Waals surface area contributed by atoms with Crippen LogP contribution >= 0.6 is 0 Å². The first-order valence-electron chi connectivity index (χ1n) is 10.7. The van der Waals surface area contributed by atoms with E-state index in [4.69, 9.17) is 4.74 Å². The molecule has 2 aromatic carbocycles. The van der Waals surface area contributed by atoms with Crippen LogP contribution in [0.25, 0.3) is 0 Å². The predicted octanol–water partition coefficient (Wildman–Crippen LogP) is 3.63. The maximum absolute atomic E-state index is 10.2. The van der Waals surface area contributed by atoms with E-state index in [-0.39, 0.29) is 0 Å². The normalized spacial score (nSPS) is 16.0. The number of hydrogen-bond acceptors (Lipinski definition) is 4. The van der Waals surface area contributed by atoms with Crippen LogP contribution in [0.2, 0.25) is 0 Å². The van der Waals surface area contributed by atoms with Gasteiger partial charge in [0.05, 0.1) is 0 Å². The lowest BCUT2D eigenvalue weighted by molar-refractivity contribution is 0.0617. The van der Waals surface area contributed by atoms with Gasteiger partial charge in [0, 0.05) is 13.1 Å². The van der Waals surface area contributed by atoms with Gasteiger partial charge in [-0.25, -0.2) is 0 Å². The Labute approximate surface area is 169 Å². The van der Waals surface area contributed by atoms with E-state index >= 15 is 0 Å². The van der Waals surface area contributed by atoms with Crippen LogP contribution in [-0.2, 0) is 13.0 Å². The Morgan fingerprint density at radius 2 is 1.68 bits per heavy atom. The molecule has 3 rings (SSSR count). The van der Waals surface area contributed by atoms with Gasteiger partial charge >= 0.3 is 0 Å². The van der Waals surface area contributed by atoms with Gasteiger partial charge in [0.1, 0.15) is 18.5 Å². The lowest BCUT2D eigenvalue weighted by atomic mass is 10.1. The Morgan fingerprint density at radius 1 is 0.929 bits per heavy atom. The van der Waals surface area contributed by atoms with Crippen LogP contribution in [-0.4, -0.2) is 48.9 Å². The average Bonchev–Trinajstić information content (AvgIpc) is 2.74. The number of β-amino-alcohol motifs (C(OH)–C–C–N with tert-alkyl or cyclic N) is 1. The number of benzene rings is 2. The van der Waals surface area contributed by atoms with Crippen LogP contribution in [0.1, 0.15) is 36.8 Å². The number of nitrogens with zero attached hydrogens (tertiary/aromatic N) is 1. The van der Waals surface area contributed by atoms with Gasteiger partial charge in [-0.05, 0) is 68.6 Å². The van der Waals surface area contributed by atoms with E-state index in [0.29, 0.717) is 13.2 Å². The summed E-state index contributed by atoms with van der Waals surface area (Å²) >= 11 is 0. The van der Waals surface area contributed by atoms with E-state index in [1.165, 1.54) is 30.4 Å². The monoisotopic (exact) mass is 382 g/mol. The van der Waals surface area contributed by atoms with Crippen molar-refractivity contribution in [2.45, 2.75) is 44.8 Å². The molecular weight excluding hydrogens is 348 g/mol. The summed E-state index contributed by atoms with van der Waals surface area (Å²) in [5.74, 6) is 0.825. The summed E-state index contributed by atoms with van der Waals surface area (Å²) < 4.78 is 5.76. The molecule has 28 heavy (non-hydrogen) atoms. The zero-order valence-electron chi connectivity index (χ0n) is 16.9. The fourth-order valence-electron chi connectivity index (χ4n) is 3.68. The van der Waals surface area contributed by atoms with E-state index in [1.807, 2.05) is 12.1 Å². The van der Waals surface area contributed by atoms with Gasteiger partial charge in [-0.15, -0.1) is 0 Å². The van der Waals surface area contributed by atoms with Gasteiger partial charge in [-0.1, -0.05) is 48.9 Å². The highest BCUT2D eigenvalue weighted by Crippen LogP contribution is 2.14. The number of ether oxygens (including phenoxy) is 1. The van der Waals surface area contributed by atoms with E-state index in [0.717, 1.165) is 44.8 Å². The number of piperidine rings is 1. The molecule has 1 saturated heterocycles. The first kappa shape index (κ1) is 20.8. The maximum Gasteiger partial charge on any atom is 0.119 e. The first-order chi connectivity index (χ1) is 13.8. The molecule has 0 spiro atoms. The number of nitrogens with one attached hydrogen (secondary N) is 1. The Bertz CT molecular complexity index is 654. The highest BCUT2D eigenvalue weighted by Gasteiger charge is 2.14. The van der Waals surface area contributed by atoms with Crippen molar-refractivity contribution in [1.82, 2.24) is 10.2 Å². The second-order valence-corrected chi connectivity index (χ2v) is 7.74. The zero-order valence-corrected chi connectivity index (χ0v) is 16.9. The van der Waals surface area contributed by atoms with Gasteiger partial charge in [0.2, 0.25) is 0 Å². The van der Waals surface area contributed by atoms with Gasteiger partial charge < -0.3 is 20.1 Å². The highest BCUT2D eigenvalue weighted by molar-refractivity contribution is 5.27. The second-order valence-electron chi connectivity index (χ2n) is 7.74. The van der Waals surface area contributed by atoms with Crippen molar-refractivity contribution in [3.05, 3.63) is 65.7 Å². The Kier molecular flexibility index (Phi) is 8.82. The quantitative estimate of drug-likeness (QED) is 0.583. The van der Waals surface area contributed by atoms with E-state index in [2.05, 4.69) is 52.7 Å². The fourth-order valence-corrected chi connectivity index (χ4v) is 3.68. The lowest BCUT2D eigenvalue weighted by Crippen LogP contribution is -2.38. The molecule has 0 aliphatic carbocycles. The minimum atomic E-state index is -0.427. The van der Waals surface area contributed by atoms with E-state index in [1.54, 1.807) is 0 Å². The van der Waals surface area contributed by atoms with Crippen LogP contribution in [0.4, 0.5) is 0 Å². The molecule has 2 aromatic rings. The summed E-state index contributed by atoms with van der Waals surface area (Å²) in [7, 11) is 0. The minimum absolute atomic E-state index is 0.355. The second kappa shape index (κ2) is 11.8. The summed E-state index contributed by atoms with van der Waals surface area (Å²) in [5, 5.41) is 13.7. The summed E-state index contributed by atoms with van der Waals surface area (Å²) in [6.07, 6.45) is 5.63. The van der Waals surface area contributed by atoms with Gasteiger partial charge in [0.15, 0.2) is 0 Å². The molecule has 1 aliphatic heterocycles. The molecule has 152 valence electrons. The number of aryl methyl sites for hydroxylation is 1. The third kappa shape index (κ3) is 7.63. The third-order valence-corrected chi connectivity index (χ3v) is 5.27. The summed E-state index contributed by atoms with van der Waals surface area (Å²) in [6, 6.07) is 18.8. The molecule has 1 fully saturated rings. The van der Waals surface area contributed by atoms with Crippen molar-refractivity contribution in [2.24, 2.45) is 0 Å². The van der Waals surface area contributed by atoms with Crippen molar-refractivity contribution >= 4 is 0 Å². The number of aliphatic hydroxyl groups is 1. The molecule has 1 heterocycles. The summed E-state index contributed by atoms with van der Waals surface area (Å²) in [5.41, 5.74) is 2.65. The fraction of sp³-hybridized carbons (Fsp3) is 0.500. The number of rotatable bonds is 11. The highest BCUT2D eigenvalue weighted by atomic mass is 16.5. The largest absolute Gasteiger partial charge is 0.491 e. The smallest absolute Gasteiger partial charge is 0.119 e. The SMILES string of the molecule is OC(COc1ccc(CNCCCc2ccccc2)cc1)CN1CCCCC1. The number of aliphatic hydroxyl groups excluding tert-OH is 1. The van der Waals surface area contributed by atoms with Crippen LogP contribution < -0.4 is 10.1 Å². The van der Waals surface area contributed by atoms with Gasteiger partial charge in [0.25, 0.3) is 0 Å². The molecule has 2 N–H and O–H groups in total. The molecule has 0 radical (unpaired) electrons. The first-order valence-corrected chi connectivity index (χ1v) is 10.7. The van der Waals surface area contributed by atoms with Crippen molar-refractivity contribution in [1.29, 1.82) is 0 Å². The Hall–Kier alpha value is -1.88.